The molecule has 0 bridgehead atoms. The van der Waals surface area contributed by atoms with Gasteiger partial charge in [-0.3, -0.25) is 9.48 Å². The molecular weight excluding hydrogens is 392 g/mol. The van der Waals surface area contributed by atoms with Gasteiger partial charge in [-0.25, -0.2) is 8.78 Å². The summed E-state index contributed by atoms with van der Waals surface area (Å²) in [7, 11) is 1.76. The molecule has 2 aromatic carbocycles. The van der Waals surface area contributed by atoms with E-state index in [9.17, 15) is 13.6 Å². The van der Waals surface area contributed by atoms with E-state index in [2.05, 4.69) is 5.10 Å². The molecule has 1 aliphatic rings. The van der Waals surface area contributed by atoms with Crippen molar-refractivity contribution in [3.63, 3.8) is 0 Å². The fraction of sp³-hybridized carbons (Fsp3) is 0.273. The molecular formula is C22H21F2N3OS. The van der Waals surface area contributed by atoms with Gasteiger partial charge < -0.3 is 4.90 Å². The Morgan fingerprint density at radius 2 is 1.90 bits per heavy atom. The van der Waals surface area contributed by atoms with Crippen LogP contribution in [-0.4, -0.2) is 39.4 Å². The minimum Gasteiger partial charge on any atom is -0.336 e. The van der Waals surface area contributed by atoms with Gasteiger partial charge in [-0.2, -0.15) is 16.9 Å². The molecule has 4 rings (SSSR count). The maximum absolute atomic E-state index is 14.2. The Morgan fingerprint density at radius 1 is 1.10 bits per heavy atom. The van der Waals surface area contributed by atoms with Gasteiger partial charge >= 0.3 is 0 Å². The van der Waals surface area contributed by atoms with Gasteiger partial charge in [0.05, 0.1) is 5.69 Å². The lowest BCUT2D eigenvalue weighted by atomic mass is 10.1. The van der Waals surface area contributed by atoms with E-state index in [0.717, 1.165) is 17.3 Å². The molecule has 2 heterocycles. The van der Waals surface area contributed by atoms with Gasteiger partial charge in [0.1, 0.15) is 17.3 Å². The first-order valence-corrected chi connectivity index (χ1v) is 10.5. The van der Waals surface area contributed by atoms with E-state index in [1.54, 1.807) is 34.5 Å². The monoisotopic (exact) mass is 413 g/mol. The molecule has 1 fully saturated rings. The molecule has 0 radical (unpaired) electrons. The summed E-state index contributed by atoms with van der Waals surface area (Å²) >= 11 is 1.56. The largest absolute Gasteiger partial charge is 0.336 e. The lowest BCUT2D eigenvalue weighted by Crippen LogP contribution is -2.34. The molecule has 0 spiro atoms. The Kier molecular flexibility index (Phi) is 5.67. The zero-order chi connectivity index (χ0) is 20.4. The standard InChI is InChI=1S/C22H21F2N3OS/c1-26-20(14-19(25-26)15-5-3-2-4-6-15)22(28)27-10-9-21(29-12-11-27)17-13-16(23)7-8-18(17)24/h2-8,13-14,21H,9-12H2,1H3. The second kappa shape index (κ2) is 8.37. The second-order valence-electron chi connectivity index (χ2n) is 7.01. The smallest absolute Gasteiger partial charge is 0.272 e. The normalized spacial score (nSPS) is 17.2. The van der Waals surface area contributed by atoms with E-state index >= 15 is 0 Å². The molecule has 1 saturated heterocycles. The van der Waals surface area contributed by atoms with Crippen LogP contribution in [0, 0.1) is 11.6 Å². The van der Waals surface area contributed by atoms with Crippen molar-refractivity contribution in [1.82, 2.24) is 14.7 Å². The predicted octanol–water partition coefficient (Wildman–Crippen LogP) is 4.69. The topological polar surface area (TPSA) is 38.1 Å². The Labute approximate surface area is 172 Å². The number of nitrogens with zero attached hydrogens (tertiary/aromatic N) is 3. The summed E-state index contributed by atoms with van der Waals surface area (Å²) in [6.07, 6.45) is 0.570. The van der Waals surface area contributed by atoms with Crippen molar-refractivity contribution in [2.24, 2.45) is 7.05 Å². The molecule has 0 aliphatic carbocycles. The number of aryl methyl sites for hydroxylation is 1. The maximum Gasteiger partial charge on any atom is 0.272 e. The van der Waals surface area contributed by atoms with Gasteiger partial charge in [0.15, 0.2) is 0 Å². The lowest BCUT2D eigenvalue weighted by Gasteiger charge is -2.20. The second-order valence-corrected chi connectivity index (χ2v) is 8.32. The summed E-state index contributed by atoms with van der Waals surface area (Å²) in [5, 5.41) is 4.31. The average molecular weight is 413 g/mol. The maximum atomic E-state index is 14.2. The lowest BCUT2D eigenvalue weighted by molar-refractivity contribution is 0.0755. The van der Waals surface area contributed by atoms with Crippen LogP contribution >= 0.6 is 11.8 Å². The van der Waals surface area contributed by atoms with E-state index in [0.29, 0.717) is 36.5 Å². The number of carbonyl (C=O) groups excluding carboxylic acids is 1. The number of amides is 1. The molecule has 1 aromatic heterocycles. The quantitative estimate of drug-likeness (QED) is 0.626. The highest BCUT2D eigenvalue weighted by molar-refractivity contribution is 7.99. The molecule has 7 heteroatoms. The highest BCUT2D eigenvalue weighted by atomic mass is 32.2. The van der Waals surface area contributed by atoms with Crippen molar-refractivity contribution < 1.29 is 13.6 Å². The van der Waals surface area contributed by atoms with Gasteiger partial charge in [0.25, 0.3) is 5.91 Å². The van der Waals surface area contributed by atoms with Crippen molar-refractivity contribution in [3.05, 3.63) is 77.5 Å². The predicted molar refractivity (Wildman–Crippen MR) is 111 cm³/mol. The first-order valence-electron chi connectivity index (χ1n) is 9.48. The third-order valence-electron chi connectivity index (χ3n) is 5.10. The summed E-state index contributed by atoms with van der Waals surface area (Å²) < 4.78 is 29.3. The number of halogens is 2. The van der Waals surface area contributed by atoms with E-state index < -0.39 is 11.6 Å². The highest BCUT2D eigenvalue weighted by Crippen LogP contribution is 2.36. The molecule has 3 aromatic rings. The van der Waals surface area contributed by atoms with Crippen LogP contribution in [0.1, 0.15) is 27.7 Å². The van der Waals surface area contributed by atoms with E-state index in [-0.39, 0.29) is 11.2 Å². The molecule has 29 heavy (non-hydrogen) atoms. The number of benzene rings is 2. The van der Waals surface area contributed by atoms with Crippen LogP contribution in [0.25, 0.3) is 11.3 Å². The summed E-state index contributed by atoms with van der Waals surface area (Å²) in [4.78, 5) is 14.9. The Balaban J connectivity index is 1.50. The van der Waals surface area contributed by atoms with E-state index in [4.69, 9.17) is 0 Å². The third-order valence-corrected chi connectivity index (χ3v) is 6.41. The van der Waals surface area contributed by atoms with Gasteiger partial charge in [-0.1, -0.05) is 30.3 Å². The Morgan fingerprint density at radius 3 is 2.69 bits per heavy atom. The molecule has 0 saturated carbocycles. The molecule has 1 aliphatic heterocycles. The number of rotatable bonds is 3. The van der Waals surface area contributed by atoms with E-state index in [1.165, 1.54) is 12.1 Å². The Hall–Kier alpha value is -2.67. The van der Waals surface area contributed by atoms with Gasteiger partial charge in [0.2, 0.25) is 0 Å². The zero-order valence-electron chi connectivity index (χ0n) is 16.0. The zero-order valence-corrected chi connectivity index (χ0v) is 16.8. The van der Waals surface area contributed by atoms with Crippen LogP contribution in [-0.2, 0) is 7.05 Å². The number of carbonyl (C=O) groups is 1. The van der Waals surface area contributed by atoms with Crippen molar-refractivity contribution in [2.45, 2.75) is 11.7 Å². The van der Waals surface area contributed by atoms with Crippen molar-refractivity contribution in [3.8, 4) is 11.3 Å². The SMILES string of the molecule is Cn1nc(-c2ccccc2)cc1C(=O)N1CCSC(c2cc(F)ccc2F)CC1. The molecule has 4 nitrogen and oxygen atoms in total. The summed E-state index contributed by atoms with van der Waals surface area (Å²) in [6.45, 7) is 1.04. The minimum atomic E-state index is -0.442. The van der Waals surface area contributed by atoms with Crippen molar-refractivity contribution in [1.29, 1.82) is 0 Å². The van der Waals surface area contributed by atoms with Gasteiger partial charge in [0, 0.05) is 42.3 Å². The van der Waals surface area contributed by atoms with Crippen molar-refractivity contribution >= 4 is 17.7 Å². The number of hydrogen-bond donors (Lipinski definition) is 0. The average Bonchev–Trinajstić information content (AvgIpc) is 2.96. The van der Waals surface area contributed by atoms with Crippen LogP contribution in [0.2, 0.25) is 0 Å². The summed E-state index contributed by atoms with van der Waals surface area (Å²) in [6, 6.07) is 15.1. The van der Waals surface area contributed by atoms with Crippen molar-refractivity contribution in [2.75, 3.05) is 18.8 Å². The highest BCUT2D eigenvalue weighted by Gasteiger charge is 2.26. The summed E-state index contributed by atoms with van der Waals surface area (Å²) in [5.41, 5.74) is 2.59. The number of hydrogen-bond acceptors (Lipinski definition) is 3. The van der Waals surface area contributed by atoms with Crippen LogP contribution in [0.15, 0.2) is 54.6 Å². The fourth-order valence-corrected chi connectivity index (χ4v) is 4.81. The molecule has 1 amide bonds. The third kappa shape index (κ3) is 4.19. The number of thioether (sulfide) groups is 1. The van der Waals surface area contributed by atoms with Crippen LogP contribution in [0.4, 0.5) is 8.78 Å². The Bertz CT molecular complexity index is 1020. The molecule has 150 valence electrons. The van der Waals surface area contributed by atoms with Gasteiger partial charge in [-0.05, 0) is 30.7 Å². The van der Waals surface area contributed by atoms with Crippen LogP contribution < -0.4 is 0 Å². The van der Waals surface area contributed by atoms with Gasteiger partial charge in [-0.15, -0.1) is 0 Å². The first kappa shape index (κ1) is 19.6. The van der Waals surface area contributed by atoms with Crippen LogP contribution in [0.3, 0.4) is 0 Å². The number of aromatic nitrogens is 2. The summed E-state index contributed by atoms with van der Waals surface area (Å²) in [5.74, 6) is -0.274. The minimum absolute atomic E-state index is 0.0943. The molecule has 1 unspecified atom stereocenters. The first-order chi connectivity index (χ1) is 14.0. The van der Waals surface area contributed by atoms with Crippen LogP contribution in [0.5, 0.6) is 0 Å². The molecule has 0 N–H and O–H groups in total. The molecule has 1 atom stereocenters. The van der Waals surface area contributed by atoms with E-state index in [1.807, 2.05) is 30.3 Å². The fourth-order valence-electron chi connectivity index (χ4n) is 3.56.